The average Bonchev–Trinajstić information content (AvgIpc) is 2.65. The number of primary amides is 4. The first-order valence-electron chi connectivity index (χ1n) is 6.25. The van der Waals surface area contributed by atoms with Crippen LogP contribution >= 0.6 is 62.6 Å². The number of amides is 16. The molecule has 16 amide bonds. The molecule has 28 heteroatoms. The molecule has 0 fully saturated rings. The minimum atomic E-state index is -1.33. The van der Waals surface area contributed by atoms with Crippen molar-refractivity contribution in [2.45, 2.75) is 0 Å². The molecule has 0 unspecified atom stereocenters. The van der Waals surface area contributed by atoms with Gasteiger partial charge in [0.1, 0.15) is 0 Å². The zero-order valence-electron chi connectivity index (χ0n) is 18.9. The van der Waals surface area contributed by atoms with Crippen molar-refractivity contribution >= 4 is 111 Å². The van der Waals surface area contributed by atoms with Crippen molar-refractivity contribution in [3.8, 4) is 0 Å². The van der Waals surface area contributed by atoms with E-state index in [0.717, 1.165) is 0 Å². The zero-order chi connectivity index (χ0) is 26.9. The predicted octanol–water partition coefficient (Wildman–Crippen LogP) is -8.86. The van der Waals surface area contributed by atoms with Crippen LogP contribution in [-0.2, 0) is 0 Å². The van der Waals surface area contributed by atoms with E-state index in [2.05, 4.69) is 39.1 Å². The van der Waals surface area contributed by atoms with Gasteiger partial charge in [-0.2, -0.15) is 0 Å². The van der Waals surface area contributed by atoms with E-state index in [1.807, 2.05) is 0 Å². The summed E-state index contributed by atoms with van der Waals surface area (Å²) in [6.07, 6.45) is 0. The summed E-state index contributed by atoms with van der Waals surface area (Å²) in [6, 6.07) is -9.18. The van der Waals surface area contributed by atoms with Crippen molar-refractivity contribution in [3.05, 3.63) is 22.9 Å². The second-order valence-corrected chi connectivity index (χ2v) is 6.05. The molecule has 0 aromatic heterocycles. The Balaban J connectivity index is -0.0000000467. The van der Waals surface area contributed by atoms with Crippen LogP contribution in [0.3, 0.4) is 0 Å². The van der Waals surface area contributed by atoms with Crippen molar-refractivity contribution in [1.29, 1.82) is 0 Å². The summed E-state index contributed by atoms with van der Waals surface area (Å²) >= 11 is 13.3. The van der Waals surface area contributed by atoms with Crippen molar-refractivity contribution in [2.75, 3.05) is 0 Å². The second kappa shape index (κ2) is 32.0. The van der Waals surface area contributed by atoms with E-state index in [4.69, 9.17) is 46.5 Å². The minimum absolute atomic E-state index is 0. The van der Waals surface area contributed by atoms with Crippen molar-refractivity contribution in [3.63, 3.8) is 0 Å². The van der Waals surface area contributed by atoms with Gasteiger partial charge in [-0.1, -0.05) is 62.6 Å². The number of halogens is 4. The first-order chi connectivity index (χ1) is 14.2. The van der Waals surface area contributed by atoms with Gasteiger partial charge in [-0.3, -0.25) is 47.2 Å². The molecule has 12 N–H and O–H groups in total. The van der Waals surface area contributed by atoms with Gasteiger partial charge in [0.05, 0.1) is 0 Å². The fourth-order valence-electron chi connectivity index (χ4n) is 0.400. The van der Waals surface area contributed by atoms with Crippen molar-refractivity contribution < 1.29 is 157 Å². The maximum Gasteiger partial charge on any atom is 1.00 e. The Hall–Kier alpha value is 0.750. The number of carbonyl (C=O) groups excluding carboxylic acids is 8. The van der Waals surface area contributed by atoms with Crippen LogP contribution in [0, 0.1) is 0 Å². The van der Waals surface area contributed by atoms with Crippen LogP contribution < -0.4 is 141 Å². The molecule has 0 aromatic rings. The van der Waals surface area contributed by atoms with Gasteiger partial charge in [-0.15, -0.1) is 0 Å². The maximum atomic E-state index is 9.94. The molecule has 20 nitrogen and oxygen atoms in total. The van der Waals surface area contributed by atoms with E-state index in [-0.39, 0.29) is 127 Å². The Morgan fingerprint density at radius 3 is 0.806 bits per heavy atom. The molecule has 0 spiro atoms. The van der Waals surface area contributed by atoms with Gasteiger partial charge in [-0.05, 0) is 0 Å². The Bertz CT molecular complexity index is 586. The first kappa shape index (κ1) is 56.8. The number of hydrogen-bond donors (Lipinski definition) is 4. The van der Waals surface area contributed by atoms with Crippen LogP contribution in [-0.4, -0.2) is 64.1 Å². The fraction of sp³-hybridized carbons (Fsp3) is 0. The van der Waals surface area contributed by atoms with Crippen LogP contribution in [0.5, 0.6) is 0 Å². The molecule has 0 saturated heterocycles. The molecule has 0 bridgehead atoms. The van der Waals surface area contributed by atoms with Crippen LogP contribution in [0.1, 0.15) is 0 Å². The third-order valence-electron chi connectivity index (χ3n) is 1.49. The van der Waals surface area contributed by atoms with Gasteiger partial charge < -0.3 is 52.9 Å². The number of urea groups is 8. The van der Waals surface area contributed by atoms with Crippen molar-refractivity contribution in [1.82, 2.24) is 15.9 Å². The monoisotopic (exact) mass is 772 g/mol. The SMILES string of the molecule is [NH-]C(=O)N(Br)C(N)=O.[NH-]C(=O)N(Cl)C(N)=O.[NH-]C(=O)N(Cl)C(N)=O.[NH-]C(=O)N(I)C(N)=O.[Na+].[Na+].[Na+].[Na+]. The molecule has 0 atom stereocenters. The number of hydrogen-bond acceptors (Lipinski definition) is 8. The number of carbonyl (C=O) groups is 8. The predicted molar refractivity (Wildman–Crippen MR) is 119 cm³/mol. The quantitative estimate of drug-likeness (QED) is 0.104. The molecule has 0 radical (unpaired) electrons. The van der Waals surface area contributed by atoms with Gasteiger partial charge in [-0.25, -0.2) is 0 Å². The summed E-state index contributed by atoms with van der Waals surface area (Å²) in [5.41, 5.74) is 42.9. The second-order valence-electron chi connectivity index (χ2n) is 3.70. The molecular weight excluding hydrogens is 762 g/mol. The molecule has 36 heavy (non-hydrogen) atoms. The molecule has 0 aromatic carbocycles. The summed E-state index contributed by atoms with van der Waals surface area (Å²) < 4.78 is 0.727. The number of imide groups is 4. The minimum Gasteiger partial charge on any atom is -0.446 e. The topological polar surface area (TPSA) is 349 Å². The first-order valence-corrected chi connectivity index (χ1v) is 8.60. The van der Waals surface area contributed by atoms with Gasteiger partial charge in [0.2, 0.25) is 12.1 Å². The molecule has 0 aliphatic heterocycles. The van der Waals surface area contributed by atoms with E-state index in [1.165, 1.54) is 22.9 Å². The largest absolute Gasteiger partial charge is 1.00 e. The normalized spacial score (nSPS) is 7.22. The Labute approximate surface area is 324 Å². The van der Waals surface area contributed by atoms with E-state index < -0.39 is 48.2 Å². The van der Waals surface area contributed by atoms with E-state index >= 15 is 0 Å². The third kappa shape index (κ3) is 36.9. The van der Waals surface area contributed by atoms with E-state index in [1.54, 1.807) is 0 Å². The smallest absolute Gasteiger partial charge is 0.446 e. The molecule has 0 aliphatic rings. The summed E-state index contributed by atoms with van der Waals surface area (Å²) in [5.74, 6) is 0. The molecule has 184 valence electrons. The molecular formula is C8H12BrCl2IN12Na4O8. The molecule has 0 heterocycles. The Morgan fingerprint density at radius 2 is 0.806 bits per heavy atom. The standard InChI is InChI=1S/C2H4BrN3O2.2C2H4ClN3O2.C2H4IN3O2.4Na/c4*3-6(1(4)7)2(5)8;;;;/h4*(H4,4,5,7,8);;;;/q;;;;4*+1/p-4. The Morgan fingerprint density at radius 1 is 0.556 bits per heavy atom. The van der Waals surface area contributed by atoms with E-state index in [0.29, 0.717) is 7.04 Å². The van der Waals surface area contributed by atoms with Gasteiger partial charge in [0.25, 0.3) is 12.1 Å². The third-order valence-corrected chi connectivity index (χ3v) is 3.71. The summed E-state index contributed by atoms with van der Waals surface area (Å²) in [4.78, 5) is 78.7. The summed E-state index contributed by atoms with van der Waals surface area (Å²) in [7, 11) is 0. The van der Waals surface area contributed by atoms with Crippen LogP contribution in [0.4, 0.5) is 38.4 Å². The van der Waals surface area contributed by atoms with Crippen molar-refractivity contribution in [2.24, 2.45) is 22.9 Å². The molecule has 0 rings (SSSR count). The number of nitrogens with one attached hydrogen (secondary N) is 4. The van der Waals surface area contributed by atoms with Crippen LogP contribution in [0.15, 0.2) is 0 Å². The van der Waals surface area contributed by atoms with Gasteiger partial charge in [0, 0.05) is 0 Å². The van der Waals surface area contributed by atoms with Crippen LogP contribution in [0.25, 0.3) is 22.9 Å². The average molecular weight is 774 g/mol. The number of nitrogens with two attached hydrogens (primary N) is 4. The summed E-state index contributed by atoms with van der Waals surface area (Å²) in [6.45, 7) is 0. The number of nitrogens with zero attached hydrogens (tertiary/aromatic N) is 4. The van der Waals surface area contributed by atoms with Gasteiger partial charge in [0.15, 0.2) is 24.1 Å². The fourth-order valence-corrected chi connectivity index (χ4v) is 0.400. The molecule has 0 aliphatic carbocycles. The number of rotatable bonds is 0. The summed E-state index contributed by atoms with van der Waals surface area (Å²) in [5, 5.41) is 0. The van der Waals surface area contributed by atoms with Gasteiger partial charge >= 0.3 is 118 Å². The molecule has 0 saturated carbocycles. The van der Waals surface area contributed by atoms with E-state index in [9.17, 15) is 38.4 Å². The van der Waals surface area contributed by atoms with Crippen LogP contribution in [0.2, 0.25) is 0 Å². The maximum absolute atomic E-state index is 9.94. The zero-order valence-corrected chi connectivity index (χ0v) is 32.1. The Kier molecular flexibility index (Phi) is 50.5.